The maximum Gasteiger partial charge on any atom is 0.0781 e. The molecule has 0 radical (unpaired) electrons. The lowest BCUT2D eigenvalue weighted by Crippen LogP contribution is -1.86. The van der Waals surface area contributed by atoms with Crippen LogP contribution >= 0.6 is 47.8 Å². The highest BCUT2D eigenvalue weighted by atomic mass is 79.9. The predicted octanol–water partition coefficient (Wildman–Crippen LogP) is 6.19. The van der Waals surface area contributed by atoms with Gasteiger partial charge in [-0.2, -0.15) is 0 Å². The summed E-state index contributed by atoms with van der Waals surface area (Å²) in [6, 6.07) is 14.4. The zero-order chi connectivity index (χ0) is 13.4. The number of nitrogens with zero attached hydrogens (tertiary/aromatic N) is 1. The van der Waals surface area contributed by atoms with E-state index in [1.807, 2.05) is 24.4 Å². The highest BCUT2D eigenvalue weighted by molar-refractivity contribution is 9.13. The molecule has 3 rings (SSSR count). The third-order valence-electron chi connectivity index (χ3n) is 2.90. The van der Waals surface area contributed by atoms with E-state index in [1.165, 1.54) is 5.39 Å². The molecule has 94 valence electrons. The minimum Gasteiger partial charge on any atom is -0.256 e. The smallest absolute Gasteiger partial charge is 0.0781 e. The Labute approximate surface area is 136 Å². The zero-order valence-corrected chi connectivity index (χ0v) is 14.5. The van der Waals surface area contributed by atoms with Crippen LogP contribution in [0.1, 0.15) is 0 Å². The molecule has 0 fully saturated rings. The van der Waals surface area contributed by atoms with E-state index in [2.05, 4.69) is 77.0 Å². The van der Waals surface area contributed by atoms with Gasteiger partial charge < -0.3 is 0 Å². The highest BCUT2D eigenvalue weighted by Crippen LogP contribution is 2.33. The summed E-state index contributed by atoms with van der Waals surface area (Å²) in [5, 5.41) is 2.30. The van der Waals surface area contributed by atoms with Crippen LogP contribution in [0.15, 0.2) is 62.1 Å². The number of pyridine rings is 1. The van der Waals surface area contributed by atoms with Crippen molar-refractivity contribution in [2.24, 2.45) is 0 Å². The van der Waals surface area contributed by atoms with Crippen LogP contribution in [0.4, 0.5) is 0 Å². The highest BCUT2D eigenvalue weighted by Gasteiger charge is 2.08. The van der Waals surface area contributed by atoms with Crippen LogP contribution in [-0.2, 0) is 0 Å². The average Bonchev–Trinajstić information content (AvgIpc) is 2.39. The quantitative estimate of drug-likeness (QED) is 0.438. The van der Waals surface area contributed by atoms with Gasteiger partial charge in [0.05, 0.1) is 5.69 Å². The summed E-state index contributed by atoms with van der Waals surface area (Å²) in [6.45, 7) is 0. The van der Waals surface area contributed by atoms with Crippen molar-refractivity contribution in [3.05, 3.63) is 62.1 Å². The molecule has 0 bridgehead atoms. The summed E-state index contributed by atoms with van der Waals surface area (Å²) >= 11 is 10.6. The van der Waals surface area contributed by atoms with Crippen LogP contribution in [0, 0.1) is 0 Å². The summed E-state index contributed by atoms with van der Waals surface area (Å²) in [5.74, 6) is 0. The van der Waals surface area contributed by atoms with Gasteiger partial charge in [0.2, 0.25) is 0 Å². The molecule has 4 heteroatoms. The lowest BCUT2D eigenvalue weighted by molar-refractivity contribution is 1.35. The first-order valence-electron chi connectivity index (χ1n) is 5.65. The summed E-state index contributed by atoms with van der Waals surface area (Å²) in [5.41, 5.74) is 2.10. The largest absolute Gasteiger partial charge is 0.256 e. The van der Waals surface area contributed by atoms with Gasteiger partial charge in [-0.25, -0.2) is 0 Å². The van der Waals surface area contributed by atoms with E-state index in [0.29, 0.717) is 0 Å². The van der Waals surface area contributed by atoms with Crippen molar-refractivity contribution in [3.8, 4) is 11.3 Å². The van der Waals surface area contributed by atoms with E-state index < -0.39 is 0 Å². The first kappa shape index (κ1) is 13.3. The predicted molar refractivity (Wildman–Crippen MR) is 90.3 cm³/mol. The topological polar surface area (TPSA) is 12.9 Å². The van der Waals surface area contributed by atoms with E-state index >= 15 is 0 Å². The first-order chi connectivity index (χ1) is 9.15. The van der Waals surface area contributed by atoms with Crippen molar-refractivity contribution in [1.29, 1.82) is 0 Å². The summed E-state index contributed by atoms with van der Waals surface area (Å²) < 4.78 is 3.13. The third kappa shape index (κ3) is 2.62. The SMILES string of the molecule is Brc1cccc(-c2nccc3cc(Br)c(Br)cc23)c1. The minimum atomic E-state index is 0.993. The Morgan fingerprint density at radius 3 is 2.42 bits per heavy atom. The average molecular weight is 442 g/mol. The van der Waals surface area contributed by atoms with E-state index in [-0.39, 0.29) is 0 Å². The molecule has 0 atom stereocenters. The lowest BCUT2D eigenvalue weighted by Gasteiger charge is -2.08. The fraction of sp³-hybridized carbons (Fsp3) is 0. The van der Waals surface area contributed by atoms with E-state index in [1.54, 1.807) is 0 Å². The van der Waals surface area contributed by atoms with Gasteiger partial charge in [0.15, 0.2) is 0 Å². The fourth-order valence-electron chi connectivity index (χ4n) is 2.03. The molecule has 0 amide bonds. The Morgan fingerprint density at radius 2 is 1.63 bits per heavy atom. The summed E-state index contributed by atoms with van der Waals surface area (Å²) in [7, 11) is 0. The molecule has 3 aromatic rings. The van der Waals surface area contributed by atoms with Crippen LogP contribution in [0.25, 0.3) is 22.0 Å². The van der Waals surface area contributed by atoms with Crippen LogP contribution < -0.4 is 0 Å². The Kier molecular flexibility index (Phi) is 3.74. The first-order valence-corrected chi connectivity index (χ1v) is 8.03. The van der Waals surface area contributed by atoms with E-state index in [9.17, 15) is 0 Å². The Morgan fingerprint density at radius 1 is 0.842 bits per heavy atom. The van der Waals surface area contributed by atoms with Crippen LogP contribution in [0.3, 0.4) is 0 Å². The molecule has 0 saturated heterocycles. The second kappa shape index (κ2) is 5.35. The third-order valence-corrected chi connectivity index (χ3v) is 5.24. The number of hydrogen-bond donors (Lipinski definition) is 0. The number of fused-ring (bicyclic) bond motifs is 1. The van der Waals surface area contributed by atoms with Crippen LogP contribution in [0.2, 0.25) is 0 Å². The Bertz CT molecular complexity index is 768. The Hall–Kier alpha value is -0.710. The maximum atomic E-state index is 4.53. The van der Waals surface area contributed by atoms with Crippen molar-refractivity contribution >= 4 is 58.6 Å². The zero-order valence-electron chi connectivity index (χ0n) is 9.70. The van der Waals surface area contributed by atoms with Gasteiger partial charge in [-0.05, 0) is 67.6 Å². The van der Waals surface area contributed by atoms with E-state index in [0.717, 1.165) is 30.1 Å². The number of hydrogen-bond acceptors (Lipinski definition) is 1. The molecular weight excluding hydrogens is 434 g/mol. The van der Waals surface area contributed by atoms with Gasteiger partial charge in [-0.3, -0.25) is 4.98 Å². The molecule has 0 aliphatic rings. The molecule has 2 aromatic carbocycles. The normalized spacial score (nSPS) is 10.9. The van der Waals surface area contributed by atoms with Gasteiger partial charge in [0.1, 0.15) is 0 Å². The van der Waals surface area contributed by atoms with Crippen molar-refractivity contribution in [3.63, 3.8) is 0 Å². The lowest BCUT2D eigenvalue weighted by atomic mass is 10.0. The second-order valence-corrected chi connectivity index (χ2v) is 6.78. The van der Waals surface area contributed by atoms with Gasteiger partial charge in [0, 0.05) is 30.6 Å². The molecule has 0 aliphatic carbocycles. The maximum absolute atomic E-state index is 4.53. The van der Waals surface area contributed by atoms with Crippen LogP contribution in [0.5, 0.6) is 0 Å². The molecule has 0 spiro atoms. The second-order valence-electron chi connectivity index (χ2n) is 4.16. The molecule has 1 aromatic heterocycles. The molecule has 0 saturated carbocycles. The molecule has 1 nitrogen and oxygen atoms in total. The van der Waals surface area contributed by atoms with Gasteiger partial charge >= 0.3 is 0 Å². The van der Waals surface area contributed by atoms with Crippen molar-refractivity contribution in [1.82, 2.24) is 4.98 Å². The van der Waals surface area contributed by atoms with Crippen LogP contribution in [-0.4, -0.2) is 4.98 Å². The number of benzene rings is 2. The Balaban J connectivity index is 2.32. The molecular formula is C15H8Br3N. The number of halogens is 3. The van der Waals surface area contributed by atoms with Crippen molar-refractivity contribution < 1.29 is 0 Å². The van der Waals surface area contributed by atoms with Crippen molar-refractivity contribution in [2.45, 2.75) is 0 Å². The molecule has 0 aliphatic heterocycles. The summed E-state index contributed by atoms with van der Waals surface area (Å²) in [6.07, 6.45) is 1.85. The molecule has 19 heavy (non-hydrogen) atoms. The van der Waals surface area contributed by atoms with Gasteiger partial charge in [0.25, 0.3) is 0 Å². The molecule has 0 unspecified atom stereocenters. The number of rotatable bonds is 1. The van der Waals surface area contributed by atoms with Gasteiger partial charge in [-0.15, -0.1) is 0 Å². The minimum absolute atomic E-state index is 0.993. The van der Waals surface area contributed by atoms with Gasteiger partial charge in [-0.1, -0.05) is 28.1 Å². The molecule has 1 heterocycles. The fourth-order valence-corrected chi connectivity index (χ4v) is 3.14. The molecule has 0 N–H and O–H groups in total. The van der Waals surface area contributed by atoms with E-state index in [4.69, 9.17) is 0 Å². The number of aromatic nitrogens is 1. The monoisotopic (exact) mass is 439 g/mol. The summed E-state index contributed by atoms with van der Waals surface area (Å²) in [4.78, 5) is 4.53. The standard InChI is InChI=1S/C15H8Br3N/c16-11-3-1-2-10(6-11)15-12-8-14(18)13(17)7-9(12)4-5-19-15/h1-8H. The van der Waals surface area contributed by atoms with Crippen molar-refractivity contribution in [2.75, 3.05) is 0 Å².